The number of rotatable bonds is 2. The zero-order chi connectivity index (χ0) is 15.8. The molecular formula is C19H16N2O2. The Balaban J connectivity index is 1.80. The maximum atomic E-state index is 12.3. The van der Waals surface area contributed by atoms with Crippen molar-refractivity contribution in [1.29, 1.82) is 0 Å². The molecule has 0 saturated heterocycles. The summed E-state index contributed by atoms with van der Waals surface area (Å²) in [6.45, 7) is 2.77. The maximum Gasteiger partial charge on any atom is 0.193 e. The van der Waals surface area contributed by atoms with E-state index < -0.39 is 0 Å². The molecule has 1 N–H and O–H groups in total. The molecule has 0 saturated carbocycles. The van der Waals surface area contributed by atoms with E-state index in [-0.39, 0.29) is 11.3 Å². The Labute approximate surface area is 133 Å². The second kappa shape index (κ2) is 5.39. The number of hydrogen-bond acceptors (Lipinski definition) is 4. The topological polar surface area (TPSA) is 54.6 Å². The number of nitrogens with one attached hydrogen (secondary N) is 1. The molecule has 0 amide bonds. The Hall–Kier alpha value is -2.88. The first-order chi connectivity index (χ1) is 11.2. The van der Waals surface area contributed by atoms with Crippen LogP contribution in [0.4, 0.5) is 0 Å². The van der Waals surface area contributed by atoms with E-state index in [4.69, 9.17) is 4.42 Å². The highest BCUT2D eigenvalue weighted by atomic mass is 16.3. The van der Waals surface area contributed by atoms with E-state index in [0.29, 0.717) is 23.3 Å². The third kappa shape index (κ3) is 2.42. The second-order valence-electron chi connectivity index (χ2n) is 5.79. The van der Waals surface area contributed by atoms with E-state index in [0.717, 1.165) is 11.3 Å². The summed E-state index contributed by atoms with van der Waals surface area (Å²) in [5.74, 6) is 0.615. The molecule has 0 fully saturated rings. The van der Waals surface area contributed by atoms with Crippen molar-refractivity contribution in [3.05, 3.63) is 81.7 Å². The number of hydrazone groups is 1. The highest BCUT2D eigenvalue weighted by Crippen LogP contribution is 2.25. The van der Waals surface area contributed by atoms with Crippen LogP contribution in [0, 0.1) is 6.92 Å². The minimum atomic E-state index is -0.0425. The van der Waals surface area contributed by atoms with Crippen molar-refractivity contribution in [3.63, 3.8) is 0 Å². The number of para-hydroxylation sites is 1. The first-order valence-corrected chi connectivity index (χ1v) is 7.62. The van der Waals surface area contributed by atoms with Crippen molar-refractivity contribution < 1.29 is 4.42 Å². The number of hydrogen-bond donors (Lipinski definition) is 1. The van der Waals surface area contributed by atoms with Crippen LogP contribution in [0.25, 0.3) is 11.0 Å². The molecule has 4 nitrogen and oxygen atoms in total. The Morgan fingerprint density at radius 3 is 2.74 bits per heavy atom. The van der Waals surface area contributed by atoms with Crippen LogP contribution >= 0.6 is 0 Å². The molecule has 0 spiro atoms. The van der Waals surface area contributed by atoms with Gasteiger partial charge in [0.25, 0.3) is 0 Å². The zero-order valence-corrected chi connectivity index (χ0v) is 12.7. The lowest BCUT2D eigenvalue weighted by molar-refractivity contribution is 0.588. The van der Waals surface area contributed by atoms with Gasteiger partial charge in [-0.3, -0.25) is 4.79 Å². The largest absolute Gasteiger partial charge is 0.454 e. The van der Waals surface area contributed by atoms with Gasteiger partial charge in [0.05, 0.1) is 11.3 Å². The van der Waals surface area contributed by atoms with Gasteiger partial charge < -0.3 is 9.84 Å². The van der Waals surface area contributed by atoms with Crippen molar-refractivity contribution in [2.75, 3.05) is 6.54 Å². The smallest absolute Gasteiger partial charge is 0.193 e. The minimum Gasteiger partial charge on any atom is -0.454 e. The summed E-state index contributed by atoms with van der Waals surface area (Å²) in [7, 11) is 0. The van der Waals surface area contributed by atoms with Gasteiger partial charge in [0.1, 0.15) is 11.3 Å². The molecular weight excluding hydrogens is 288 g/mol. The van der Waals surface area contributed by atoms with Crippen molar-refractivity contribution >= 4 is 16.7 Å². The van der Waals surface area contributed by atoms with Gasteiger partial charge in [-0.15, -0.1) is 0 Å². The number of benzene rings is 2. The van der Waals surface area contributed by atoms with Gasteiger partial charge in [0, 0.05) is 12.6 Å². The second-order valence-corrected chi connectivity index (χ2v) is 5.79. The summed E-state index contributed by atoms with van der Waals surface area (Å²) in [5.41, 5.74) is 6.73. The highest BCUT2D eigenvalue weighted by Gasteiger charge is 2.27. The van der Waals surface area contributed by atoms with Gasteiger partial charge in [-0.05, 0) is 24.6 Å². The van der Waals surface area contributed by atoms with Gasteiger partial charge in [0.2, 0.25) is 0 Å². The Morgan fingerprint density at radius 1 is 1.13 bits per heavy atom. The molecule has 1 aliphatic rings. The first-order valence-electron chi connectivity index (χ1n) is 7.62. The third-order valence-corrected chi connectivity index (χ3v) is 4.19. The lowest BCUT2D eigenvalue weighted by Gasteiger charge is -2.12. The fraction of sp³-hybridized carbons (Fsp3) is 0.158. The van der Waals surface area contributed by atoms with Crippen LogP contribution in [0.1, 0.15) is 22.8 Å². The van der Waals surface area contributed by atoms with Crippen molar-refractivity contribution in [1.82, 2.24) is 5.43 Å². The van der Waals surface area contributed by atoms with Gasteiger partial charge in [-0.25, -0.2) is 0 Å². The molecule has 4 rings (SSSR count). The van der Waals surface area contributed by atoms with E-state index in [2.05, 4.69) is 41.7 Å². The zero-order valence-electron chi connectivity index (χ0n) is 12.7. The summed E-state index contributed by atoms with van der Waals surface area (Å²) in [6, 6.07) is 17.2. The standard InChI is InChI=1S/C19H16N2O2/c1-12-6-8-13(9-7-12)15-11-20-21-19(15)18-10-16(22)14-4-2-3-5-17(14)23-18/h2-10,15,20H,11H2,1H3/t15-/m1/s1. The van der Waals surface area contributed by atoms with E-state index in [9.17, 15) is 4.79 Å². The summed E-state index contributed by atoms with van der Waals surface area (Å²) in [6.07, 6.45) is 0. The van der Waals surface area contributed by atoms with Gasteiger partial charge in [-0.2, -0.15) is 5.10 Å². The Bertz CT molecular complexity index is 955. The molecule has 0 aliphatic carbocycles. The molecule has 23 heavy (non-hydrogen) atoms. The van der Waals surface area contributed by atoms with E-state index in [1.807, 2.05) is 18.2 Å². The number of nitrogens with zero attached hydrogens (tertiary/aromatic N) is 1. The van der Waals surface area contributed by atoms with Crippen LogP contribution in [-0.2, 0) is 0 Å². The van der Waals surface area contributed by atoms with Gasteiger partial charge >= 0.3 is 0 Å². The first kappa shape index (κ1) is 13.8. The molecule has 2 heterocycles. The fourth-order valence-electron chi connectivity index (χ4n) is 2.93. The molecule has 114 valence electrons. The average Bonchev–Trinajstić information content (AvgIpc) is 3.05. The van der Waals surface area contributed by atoms with Crippen molar-refractivity contribution in [2.24, 2.45) is 5.10 Å². The highest BCUT2D eigenvalue weighted by molar-refractivity contribution is 6.04. The van der Waals surface area contributed by atoms with Crippen LogP contribution in [0.15, 0.2) is 68.9 Å². The van der Waals surface area contributed by atoms with E-state index in [1.165, 1.54) is 11.6 Å². The van der Waals surface area contributed by atoms with Crippen LogP contribution in [-0.4, -0.2) is 12.3 Å². The summed E-state index contributed by atoms with van der Waals surface area (Å²) in [4.78, 5) is 12.3. The minimum absolute atomic E-state index is 0.0425. The predicted octanol–water partition coefficient (Wildman–Crippen LogP) is 3.19. The molecule has 2 aromatic carbocycles. The molecule has 1 aliphatic heterocycles. The maximum absolute atomic E-state index is 12.3. The summed E-state index contributed by atoms with van der Waals surface area (Å²) in [5, 5.41) is 4.96. The van der Waals surface area contributed by atoms with Crippen LogP contribution in [0.3, 0.4) is 0 Å². The molecule has 1 atom stereocenters. The SMILES string of the molecule is Cc1ccc([C@H]2CNN=C2c2cc(=O)c3ccccc3o2)cc1. The quantitative estimate of drug-likeness (QED) is 0.791. The molecule has 0 radical (unpaired) electrons. The van der Waals surface area contributed by atoms with Crippen molar-refractivity contribution in [2.45, 2.75) is 12.8 Å². The van der Waals surface area contributed by atoms with Crippen molar-refractivity contribution in [3.8, 4) is 0 Å². The molecule has 3 aromatic rings. The van der Waals surface area contributed by atoms with Gasteiger partial charge in [0.15, 0.2) is 11.2 Å². The lowest BCUT2D eigenvalue weighted by atomic mass is 9.92. The molecule has 4 heteroatoms. The molecule has 0 bridgehead atoms. The Morgan fingerprint density at radius 2 is 1.91 bits per heavy atom. The van der Waals surface area contributed by atoms with E-state index >= 15 is 0 Å². The van der Waals surface area contributed by atoms with Crippen LogP contribution in [0.5, 0.6) is 0 Å². The fourth-order valence-corrected chi connectivity index (χ4v) is 2.93. The average molecular weight is 304 g/mol. The summed E-state index contributed by atoms with van der Waals surface area (Å²) < 4.78 is 5.93. The van der Waals surface area contributed by atoms with Crippen LogP contribution in [0.2, 0.25) is 0 Å². The number of fused-ring (bicyclic) bond motifs is 1. The molecule has 0 unspecified atom stereocenters. The normalized spacial score (nSPS) is 17.1. The van der Waals surface area contributed by atoms with E-state index in [1.54, 1.807) is 6.07 Å². The third-order valence-electron chi connectivity index (χ3n) is 4.19. The lowest BCUT2D eigenvalue weighted by Crippen LogP contribution is -2.16. The summed E-state index contributed by atoms with van der Waals surface area (Å²) >= 11 is 0. The Kier molecular flexibility index (Phi) is 3.23. The molecule has 1 aromatic heterocycles. The predicted molar refractivity (Wildman–Crippen MR) is 90.9 cm³/mol. The van der Waals surface area contributed by atoms with Gasteiger partial charge in [-0.1, -0.05) is 42.0 Å². The van der Waals surface area contributed by atoms with Crippen LogP contribution < -0.4 is 10.9 Å². The number of aryl methyl sites for hydroxylation is 1. The monoisotopic (exact) mass is 304 g/mol.